The molecule has 7 nitrogen and oxygen atoms in total. The van der Waals surface area contributed by atoms with Gasteiger partial charge in [0.1, 0.15) is 5.65 Å². The van der Waals surface area contributed by atoms with Crippen molar-refractivity contribution in [2.45, 2.75) is 38.1 Å². The molecule has 1 saturated carbocycles. The first kappa shape index (κ1) is 16.1. The number of nitrogens with one attached hydrogen (secondary N) is 2. The smallest absolute Gasteiger partial charge is 0.228 e. The van der Waals surface area contributed by atoms with Gasteiger partial charge in [-0.05, 0) is 36.6 Å². The fourth-order valence-electron chi connectivity index (χ4n) is 3.96. The SMILES string of the molecule is COc1nc(NC2CCCCC2)nc2[nH]cc(-c3ccn4nccc4c3)c12. The summed E-state index contributed by atoms with van der Waals surface area (Å²) in [6, 6.07) is 6.57. The molecule has 0 bridgehead atoms. The highest BCUT2D eigenvalue weighted by Gasteiger charge is 2.19. The number of aromatic amines is 1. The molecule has 0 spiro atoms. The van der Waals surface area contributed by atoms with E-state index in [4.69, 9.17) is 9.72 Å². The highest BCUT2D eigenvalue weighted by Crippen LogP contribution is 2.35. The number of hydrogen-bond donors (Lipinski definition) is 2. The van der Waals surface area contributed by atoms with Gasteiger partial charge >= 0.3 is 0 Å². The number of methoxy groups -OCH3 is 1. The van der Waals surface area contributed by atoms with Gasteiger partial charge in [0.05, 0.1) is 18.0 Å². The zero-order valence-corrected chi connectivity index (χ0v) is 15.3. The summed E-state index contributed by atoms with van der Waals surface area (Å²) in [6.07, 6.45) is 11.9. The molecule has 0 radical (unpaired) electrons. The molecule has 0 amide bonds. The van der Waals surface area contributed by atoms with Gasteiger partial charge in [0.25, 0.3) is 0 Å². The number of anilines is 1. The highest BCUT2D eigenvalue weighted by atomic mass is 16.5. The van der Waals surface area contributed by atoms with Crippen molar-refractivity contribution in [2.24, 2.45) is 0 Å². The summed E-state index contributed by atoms with van der Waals surface area (Å²) in [6.45, 7) is 0. The fourth-order valence-corrected chi connectivity index (χ4v) is 3.96. The Bertz CT molecular complexity index is 1090. The van der Waals surface area contributed by atoms with E-state index in [2.05, 4.69) is 26.4 Å². The van der Waals surface area contributed by atoms with Gasteiger partial charge in [0, 0.05) is 30.2 Å². The van der Waals surface area contributed by atoms with Crippen LogP contribution in [-0.2, 0) is 0 Å². The number of H-pyrrole nitrogens is 1. The molecule has 7 heteroatoms. The molecule has 138 valence electrons. The van der Waals surface area contributed by atoms with E-state index in [1.165, 1.54) is 32.1 Å². The van der Waals surface area contributed by atoms with E-state index in [9.17, 15) is 0 Å². The van der Waals surface area contributed by atoms with Crippen molar-refractivity contribution in [3.8, 4) is 17.0 Å². The molecule has 2 N–H and O–H groups in total. The normalized spacial score (nSPS) is 15.4. The molecule has 1 aliphatic rings. The van der Waals surface area contributed by atoms with Crippen molar-refractivity contribution in [1.29, 1.82) is 0 Å². The molecule has 0 saturated heterocycles. The minimum absolute atomic E-state index is 0.444. The number of rotatable bonds is 4. The van der Waals surface area contributed by atoms with Crippen LogP contribution >= 0.6 is 0 Å². The van der Waals surface area contributed by atoms with Crippen LogP contribution in [0.5, 0.6) is 5.88 Å². The number of fused-ring (bicyclic) bond motifs is 2. The van der Waals surface area contributed by atoms with E-state index < -0.39 is 0 Å². The van der Waals surface area contributed by atoms with E-state index in [1.807, 2.05) is 29.0 Å². The maximum Gasteiger partial charge on any atom is 0.228 e. The zero-order chi connectivity index (χ0) is 18.2. The van der Waals surface area contributed by atoms with Crippen LogP contribution in [0.15, 0.2) is 36.8 Å². The number of aromatic nitrogens is 5. The molecule has 1 aliphatic carbocycles. The molecule has 4 aromatic rings. The second-order valence-electron chi connectivity index (χ2n) is 7.08. The molecular formula is C20H22N6O. The zero-order valence-electron chi connectivity index (χ0n) is 15.3. The molecular weight excluding hydrogens is 340 g/mol. The molecule has 0 aliphatic heterocycles. The van der Waals surface area contributed by atoms with Crippen molar-refractivity contribution in [2.75, 3.05) is 12.4 Å². The van der Waals surface area contributed by atoms with E-state index >= 15 is 0 Å². The molecule has 5 rings (SSSR count). The van der Waals surface area contributed by atoms with E-state index in [1.54, 1.807) is 13.3 Å². The lowest BCUT2D eigenvalue weighted by Gasteiger charge is -2.22. The Hall–Kier alpha value is -3.09. The Morgan fingerprint density at radius 3 is 2.93 bits per heavy atom. The second kappa shape index (κ2) is 6.57. The van der Waals surface area contributed by atoms with Crippen LogP contribution in [-0.4, -0.2) is 37.7 Å². The third kappa shape index (κ3) is 2.89. The molecule has 0 atom stereocenters. The Labute approximate surface area is 156 Å². The molecule has 4 aromatic heterocycles. The Balaban J connectivity index is 1.56. The van der Waals surface area contributed by atoms with Crippen molar-refractivity contribution in [3.05, 3.63) is 36.8 Å². The largest absolute Gasteiger partial charge is 0.480 e. The lowest BCUT2D eigenvalue weighted by atomic mass is 9.96. The summed E-state index contributed by atoms with van der Waals surface area (Å²) >= 11 is 0. The van der Waals surface area contributed by atoms with Crippen molar-refractivity contribution in [3.63, 3.8) is 0 Å². The quantitative estimate of drug-likeness (QED) is 0.573. The van der Waals surface area contributed by atoms with Crippen molar-refractivity contribution < 1.29 is 4.74 Å². The standard InChI is InChI=1S/C20H22N6O/c1-27-19-17-16(13-8-10-26-15(11-13)7-9-22-26)12-21-18(17)24-20(25-19)23-14-5-3-2-4-6-14/h7-12,14H,2-6H2,1H3,(H2,21,23,24,25). The van der Waals surface area contributed by atoms with Crippen LogP contribution in [0.1, 0.15) is 32.1 Å². The highest BCUT2D eigenvalue weighted by molar-refractivity contribution is 5.98. The Kier molecular flexibility index (Phi) is 3.92. The van der Waals surface area contributed by atoms with Gasteiger partial charge in [-0.25, -0.2) is 4.52 Å². The lowest BCUT2D eigenvalue weighted by Crippen LogP contribution is -2.23. The van der Waals surface area contributed by atoms with Gasteiger partial charge in [-0.2, -0.15) is 15.1 Å². The van der Waals surface area contributed by atoms with Gasteiger partial charge < -0.3 is 15.0 Å². The van der Waals surface area contributed by atoms with Gasteiger partial charge in [-0.15, -0.1) is 0 Å². The first-order valence-electron chi connectivity index (χ1n) is 9.45. The maximum absolute atomic E-state index is 5.62. The summed E-state index contributed by atoms with van der Waals surface area (Å²) in [7, 11) is 1.66. The van der Waals surface area contributed by atoms with Crippen LogP contribution in [0.25, 0.3) is 27.7 Å². The molecule has 1 fully saturated rings. The van der Waals surface area contributed by atoms with Crippen molar-refractivity contribution in [1.82, 2.24) is 24.6 Å². The van der Waals surface area contributed by atoms with Gasteiger partial charge in [0.15, 0.2) is 0 Å². The summed E-state index contributed by atoms with van der Waals surface area (Å²) in [5, 5.41) is 8.64. The Morgan fingerprint density at radius 2 is 2.07 bits per heavy atom. The van der Waals surface area contributed by atoms with E-state index in [0.717, 1.165) is 27.7 Å². The lowest BCUT2D eigenvalue weighted by molar-refractivity contribution is 0.402. The monoisotopic (exact) mass is 362 g/mol. The minimum Gasteiger partial charge on any atom is -0.480 e. The number of pyridine rings is 1. The summed E-state index contributed by atoms with van der Waals surface area (Å²) in [5.74, 6) is 1.22. The van der Waals surface area contributed by atoms with Gasteiger partial charge in [-0.3, -0.25) is 0 Å². The van der Waals surface area contributed by atoms with Gasteiger partial charge in [0.2, 0.25) is 11.8 Å². The maximum atomic E-state index is 5.62. The van der Waals surface area contributed by atoms with Gasteiger partial charge in [-0.1, -0.05) is 19.3 Å². The van der Waals surface area contributed by atoms with Crippen LogP contribution in [0.3, 0.4) is 0 Å². The van der Waals surface area contributed by atoms with Crippen LogP contribution in [0, 0.1) is 0 Å². The average molecular weight is 362 g/mol. The Morgan fingerprint density at radius 1 is 1.19 bits per heavy atom. The summed E-state index contributed by atoms with van der Waals surface area (Å²) in [5.41, 5.74) is 3.92. The molecule has 4 heterocycles. The third-order valence-electron chi connectivity index (χ3n) is 5.34. The van der Waals surface area contributed by atoms with Crippen LogP contribution < -0.4 is 10.1 Å². The van der Waals surface area contributed by atoms with E-state index in [-0.39, 0.29) is 0 Å². The topological polar surface area (TPSA) is 80.1 Å². The predicted octanol–water partition coefficient (Wildman–Crippen LogP) is 4.03. The third-order valence-corrected chi connectivity index (χ3v) is 5.34. The van der Waals surface area contributed by atoms with Crippen LogP contribution in [0.2, 0.25) is 0 Å². The molecule has 27 heavy (non-hydrogen) atoms. The fraction of sp³-hybridized carbons (Fsp3) is 0.350. The molecule has 0 aromatic carbocycles. The first-order chi connectivity index (χ1) is 13.3. The summed E-state index contributed by atoms with van der Waals surface area (Å²) in [4.78, 5) is 12.6. The van der Waals surface area contributed by atoms with Crippen LogP contribution in [0.4, 0.5) is 5.95 Å². The number of hydrogen-bond acceptors (Lipinski definition) is 5. The summed E-state index contributed by atoms with van der Waals surface area (Å²) < 4.78 is 7.47. The number of ether oxygens (including phenoxy) is 1. The average Bonchev–Trinajstić information content (AvgIpc) is 3.34. The number of nitrogens with zero attached hydrogens (tertiary/aromatic N) is 4. The van der Waals surface area contributed by atoms with Crippen molar-refractivity contribution >= 4 is 22.5 Å². The first-order valence-corrected chi connectivity index (χ1v) is 9.45. The predicted molar refractivity (Wildman–Crippen MR) is 105 cm³/mol. The van der Waals surface area contributed by atoms with E-state index in [0.29, 0.717) is 17.9 Å². The second-order valence-corrected chi connectivity index (χ2v) is 7.08. The molecule has 0 unspecified atom stereocenters. The minimum atomic E-state index is 0.444.